The number of piperidine rings is 2. The van der Waals surface area contributed by atoms with Gasteiger partial charge in [0.05, 0.1) is 12.5 Å². The normalized spacial score (nSPS) is 18.3. The van der Waals surface area contributed by atoms with Crippen LogP contribution in [0.25, 0.3) is 0 Å². The van der Waals surface area contributed by atoms with Crippen LogP contribution in [-0.2, 0) is 35.3 Å². The maximum Gasteiger partial charge on any atom is 0.410 e. The predicted octanol–water partition coefficient (Wildman–Crippen LogP) is 1.78. The van der Waals surface area contributed by atoms with E-state index in [9.17, 15) is 29.1 Å². The summed E-state index contributed by atoms with van der Waals surface area (Å²) in [6, 6.07) is 8.30. The van der Waals surface area contributed by atoms with Gasteiger partial charge in [-0.1, -0.05) is 30.3 Å². The molecule has 0 bridgehead atoms. The Kier molecular flexibility index (Phi) is 12.9. The van der Waals surface area contributed by atoms with Gasteiger partial charge in [-0.05, 0) is 43.6 Å². The van der Waals surface area contributed by atoms with Gasteiger partial charge in [0, 0.05) is 52.7 Å². The third kappa shape index (κ3) is 10.7. The van der Waals surface area contributed by atoms with Gasteiger partial charge in [-0.25, -0.2) is 9.59 Å². The zero-order valence-electron chi connectivity index (χ0n) is 23.7. The molecule has 226 valence electrons. The molecule has 1 aromatic carbocycles. The average molecular weight is 575 g/mol. The van der Waals surface area contributed by atoms with Gasteiger partial charge in [0.15, 0.2) is 0 Å². The Bertz CT molecular complexity index is 1030. The summed E-state index contributed by atoms with van der Waals surface area (Å²) in [6.07, 6.45) is 3.72. The summed E-state index contributed by atoms with van der Waals surface area (Å²) in [4.78, 5) is 64.9. The molecule has 12 nitrogen and oxygen atoms in total. The number of hydrogen-bond acceptors (Lipinski definition) is 7. The van der Waals surface area contributed by atoms with E-state index in [4.69, 9.17) is 9.47 Å². The summed E-state index contributed by atoms with van der Waals surface area (Å²) >= 11 is 0. The van der Waals surface area contributed by atoms with Crippen LogP contribution in [0.3, 0.4) is 0 Å². The van der Waals surface area contributed by atoms with Crippen molar-refractivity contribution in [2.24, 2.45) is 11.8 Å². The quantitative estimate of drug-likeness (QED) is 0.322. The number of benzene rings is 1. The van der Waals surface area contributed by atoms with Gasteiger partial charge in [0.1, 0.15) is 12.6 Å². The standard InChI is InChI=1S/C29H42N4O8/c1-40-17-13-25(34)31-24(28(37)38)18-30-27(36)23-8-5-14-33(19-23)26(35)10-9-21-11-15-32(16-12-21)29(39)41-20-22-6-3-2-4-7-22/h2-4,6-7,21,23-24H,5,8-20H2,1H3,(H,30,36)(H,31,34)(H,37,38)/t23-,24?/m1/s1. The highest BCUT2D eigenvalue weighted by Gasteiger charge is 2.30. The summed E-state index contributed by atoms with van der Waals surface area (Å²) < 4.78 is 10.2. The zero-order valence-corrected chi connectivity index (χ0v) is 23.7. The fraction of sp³-hybridized carbons (Fsp3) is 0.621. The highest BCUT2D eigenvalue weighted by molar-refractivity contribution is 5.85. The molecular formula is C29H42N4O8. The minimum absolute atomic E-state index is 0.000944. The molecule has 0 saturated carbocycles. The molecule has 0 aromatic heterocycles. The van der Waals surface area contributed by atoms with E-state index in [0.717, 1.165) is 24.8 Å². The molecule has 3 rings (SSSR count). The maximum absolute atomic E-state index is 12.9. The molecule has 12 heteroatoms. The molecule has 2 aliphatic rings. The molecule has 2 fully saturated rings. The van der Waals surface area contributed by atoms with Gasteiger partial charge in [-0.3, -0.25) is 14.4 Å². The fourth-order valence-corrected chi connectivity index (χ4v) is 5.13. The molecule has 2 aliphatic heterocycles. The highest BCUT2D eigenvalue weighted by Crippen LogP contribution is 2.24. The van der Waals surface area contributed by atoms with E-state index in [-0.39, 0.29) is 50.6 Å². The summed E-state index contributed by atoms with van der Waals surface area (Å²) in [5, 5.41) is 14.4. The monoisotopic (exact) mass is 574 g/mol. The van der Waals surface area contributed by atoms with Crippen LogP contribution in [0.5, 0.6) is 0 Å². The first-order valence-electron chi connectivity index (χ1n) is 14.3. The molecule has 1 aromatic rings. The Morgan fingerprint density at radius 1 is 1.00 bits per heavy atom. The van der Waals surface area contributed by atoms with Crippen LogP contribution in [0.4, 0.5) is 4.79 Å². The van der Waals surface area contributed by atoms with E-state index in [2.05, 4.69) is 10.6 Å². The van der Waals surface area contributed by atoms with E-state index in [1.54, 1.807) is 9.80 Å². The first-order valence-corrected chi connectivity index (χ1v) is 14.3. The van der Waals surface area contributed by atoms with Crippen LogP contribution < -0.4 is 10.6 Å². The lowest BCUT2D eigenvalue weighted by Crippen LogP contribution is -2.51. The largest absolute Gasteiger partial charge is 0.480 e. The van der Waals surface area contributed by atoms with Crippen molar-refractivity contribution in [3.8, 4) is 0 Å². The number of ether oxygens (including phenoxy) is 2. The molecule has 0 radical (unpaired) electrons. The Balaban J connectivity index is 1.35. The second kappa shape index (κ2) is 16.6. The predicted molar refractivity (Wildman–Crippen MR) is 149 cm³/mol. The van der Waals surface area contributed by atoms with Gasteiger partial charge >= 0.3 is 12.1 Å². The summed E-state index contributed by atoms with van der Waals surface area (Å²) in [7, 11) is 1.44. The summed E-state index contributed by atoms with van der Waals surface area (Å²) in [6.45, 7) is 2.24. The van der Waals surface area contributed by atoms with Gasteiger partial charge < -0.3 is 35.0 Å². The zero-order chi connectivity index (χ0) is 29.6. The lowest BCUT2D eigenvalue weighted by atomic mass is 9.91. The Hall–Kier alpha value is -3.67. The number of aliphatic carboxylic acids is 1. The number of methoxy groups -OCH3 is 1. The molecule has 2 atom stereocenters. The number of amides is 4. The third-order valence-corrected chi connectivity index (χ3v) is 7.64. The smallest absolute Gasteiger partial charge is 0.410 e. The van der Waals surface area contributed by atoms with Crippen molar-refractivity contribution in [1.29, 1.82) is 0 Å². The first kappa shape index (κ1) is 31.9. The van der Waals surface area contributed by atoms with Crippen molar-refractivity contribution < 1.29 is 38.6 Å². The van der Waals surface area contributed by atoms with Crippen LogP contribution in [-0.4, -0.2) is 97.2 Å². The van der Waals surface area contributed by atoms with E-state index in [1.165, 1.54) is 7.11 Å². The van der Waals surface area contributed by atoms with Crippen LogP contribution in [0.1, 0.15) is 50.5 Å². The highest BCUT2D eigenvalue weighted by atomic mass is 16.6. The lowest BCUT2D eigenvalue weighted by Gasteiger charge is -2.34. The van der Waals surface area contributed by atoms with Gasteiger partial charge in [0.2, 0.25) is 17.7 Å². The molecular weight excluding hydrogens is 532 g/mol. The van der Waals surface area contributed by atoms with Crippen LogP contribution >= 0.6 is 0 Å². The first-order chi connectivity index (χ1) is 19.8. The fourth-order valence-electron chi connectivity index (χ4n) is 5.13. The van der Waals surface area contributed by atoms with E-state index in [1.807, 2.05) is 30.3 Å². The van der Waals surface area contributed by atoms with E-state index in [0.29, 0.717) is 44.8 Å². The SMILES string of the molecule is COCCC(=O)NC(CNC(=O)[C@@H]1CCCN(C(=O)CCC2CCN(C(=O)OCc3ccccc3)CC2)C1)C(=O)O. The van der Waals surface area contributed by atoms with Gasteiger partial charge in [0.25, 0.3) is 0 Å². The summed E-state index contributed by atoms with van der Waals surface area (Å²) in [5.74, 6) is -2.14. The van der Waals surface area contributed by atoms with Crippen molar-refractivity contribution in [3.05, 3.63) is 35.9 Å². The minimum atomic E-state index is -1.25. The maximum atomic E-state index is 12.9. The number of hydrogen-bond donors (Lipinski definition) is 3. The van der Waals surface area contributed by atoms with Crippen LogP contribution in [0, 0.1) is 11.8 Å². The number of carboxylic acids is 1. The van der Waals surface area contributed by atoms with Crippen molar-refractivity contribution >= 4 is 29.8 Å². The molecule has 3 N–H and O–H groups in total. The average Bonchev–Trinajstić information content (AvgIpc) is 3.00. The second-order valence-electron chi connectivity index (χ2n) is 10.6. The molecule has 1 unspecified atom stereocenters. The minimum Gasteiger partial charge on any atom is -0.480 e. The number of likely N-dealkylation sites (tertiary alicyclic amines) is 2. The third-order valence-electron chi connectivity index (χ3n) is 7.64. The Morgan fingerprint density at radius 3 is 2.41 bits per heavy atom. The molecule has 0 aliphatic carbocycles. The van der Waals surface area contributed by atoms with E-state index >= 15 is 0 Å². The Labute approximate surface area is 240 Å². The number of nitrogens with one attached hydrogen (secondary N) is 2. The van der Waals surface area contributed by atoms with Crippen LogP contribution in [0.2, 0.25) is 0 Å². The van der Waals surface area contributed by atoms with Crippen LogP contribution in [0.15, 0.2) is 30.3 Å². The number of carbonyl (C=O) groups is 5. The molecule has 2 heterocycles. The van der Waals surface area contributed by atoms with Crippen molar-refractivity contribution in [3.63, 3.8) is 0 Å². The number of carboxylic acid groups (broad SMARTS) is 1. The molecule has 41 heavy (non-hydrogen) atoms. The topological polar surface area (TPSA) is 155 Å². The Morgan fingerprint density at radius 2 is 1.73 bits per heavy atom. The van der Waals surface area contributed by atoms with Crippen molar-refractivity contribution in [2.75, 3.05) is 46.4 Å². The van der Waals surface area contributed by atoms with Crippen molar-refractivity contribution in [2.45, 2.75) is 57.6 Å². The van der Waals surface area contributed by atoms with Gasteiger partial charge in [-0.15, -0.1) is 0 Å². The molecule has 2 saturated heterocycles. The molecule has 0 spiro atoms. The lowest BCUT2D eigenvalue weighted by molar-refractivity contribution is -0.142. The van der Waals surface area contributed by atoms with Gasteiger partial charge in [-0.2, -0.15) is 0 Å². The van der Waals surface area contributed by atoms with Crippen molar-refractivity contribution in [1.82, 2.24) is 20.4 Å². The number of rotatable bonds is 13. The molecule has 4 amide bonds. The second-order valence-corrected chi connectivity index (χ2v) is 10.6. The number of nitrogens with zero attached hydrogens (tertiary/aromatic N) is 2. The summed E-state index contributed by atoms with van der Waals surface area (Å²) in [5.41, 5.74) is 0.943. The number of carbonyl (C=O) groups excluding carboxylic acids is 4. The van der Waals surface area contributed by atoms with E-state index < -0.39 is 23.8 Å².